The molecule has 2 amide bonds. The Bertz CT molecular complexity index is 814. The molecule has 0 bridgehead atoms. The number of benzene rings is 1. The van der Waals surface area contributed by atoms with E-state index in [0.717, 1.165) is 36.2 Å². The first-order valence-corrected chi connectivity index (χ1v) is 8.02. The molecule has 1 atom stereocenters. The predicted molar refractivity (Wildman–Crippen MR) is 87.7 cm³/mol. The second-order valence-corrected chi connectivity index (χ2v) is 6.06. The van der Waals surface area contributed by atoms with Gasteiger partial charge in [0.15, 0.2) is 6.10 Å². The Labute approximate surface area is 139 Å². The number of fused-ring (bicyclic) bond motifs is 3. The van der Waals surface area contributed by atoms with Crippen molar-refractivity contribution in [3.63, 3.8) is 0 Å². The molecule has 0 unspecified atom stereocenters. The Morgan fingerprint density at radius 2 is 2.21 bits per heavy atom. The fourth-order valence-corrected chi connectivity index (χ4v) is 3.37. The van der Waals surface area contributed by atoms with Crippen molar-refractivity contribution in [2.45, 2.75) is 25.4 Å². The number of carbonyl (C=O) groups is 2. The van der Waals surface area contributed by atoms with E-state index in [2.05, 4.69) is 15.5 Å². The number of aryl methyl sites for hydroxylation is 2. The number of nitrogens with zero attached hydrogens (tertiary/aromatic N) is 2. The number of rotatable bonds is 2. The van der Waals surface area contributed by atoms with Crippen molar-refractivity contribution >= 4 is 17.7 Å². The van der Waals surface area contributed by atoms with Crippen LogP contribution in [0.5, 0.6) is 0 Å². The fourth-order valence-electron chi connectivity index (χ4n) is 3.37. The third kappa shape index (κ3) is 2.33. The maximum Gasteiger partial charge on any atom is 0.415 e. The zero-order chi connectivity index (χ0) is 16.7. The number of anilines is 1. The predicted octanol–water partition coefficient (Wildman–Crippen LogP) is 1.64. The highest BCUT2D eigenvalue weighted by Crippen LogP contribution is 2.34. The molecule has 1 aromatic carbocycles. The van der Waals surface area contributed by atoms with Crippen LogP contribution in [0.3, 0.4) is 0 Å². The molecule has 7 nitrogen and oxygen atoms in total. The summed E-state index contributed by atoms with van der Waals surface area (Å²) in [6, 6.07) is 5.91. The van der Waals surface area contributed by atoms with E-state index in [-0.39, 0.29) is 12.5 Å². The molecular formula is C17H18N4O3. The minimum absolute atomic E-state index is 0.229. The Balaban J connectivity index is 1.66. The lowest BCUT2D eigenvalue weighted by molar-refractivity contribution is -0.127. The first kappa shape index (κ1) is 14.7. The maximum atomic E-state index is 12.1. The number of cyclic esters (lactones) is 1. The quantitative estimate of drug-likeness (QED) is 0.878. The van der Waals surface area contributed by atoms with Crippen LogP contribution in [0.4, 0.5) is 10.5 Å². The van der Waals surface area contributed by atoms with Gasteiger partial charge in [-0.1, -0.05) is 6.07 Å². The summed E-state index contributed by atoms with van der Waals surface area (Å²) in [6.45, 7) is 0.229. The first-order valence-electron chi connectivity index (χ1n) is 8.02. The van der Waals surface area contributed by atoms with E-state index in [1.165, 1.54) is 23.1 Å². The zero-order valence-electron chi connectivity index (χ0n) is 13.3. The number of aromatic amines is 1. The van der Waals surface area contributed by atoms with Gasteiger partial charge < -0.3 is 10.1 Å². The van der Waals surface area contributed by atoms with Gasteiger partial charge in [0.1, 0.15) is 0 Å². The van der Waals surface area contributed by atoms with Crippen molar-refractivity contribution in [1.82, 2.24) is 15.5 Å². The summed E-state index contributed by atoms with van der Waals surface area (Å²) in [5.74, 6) is -0.289. The number of ether oxygens (including phenoxy) is 1. The van der Waals surface area contributed by atoms with Crippen LogP contribution in [-0.2, 0) is 22.4 Å². The van der Waals surface area contributed by atoms with E-state index in [4.69, 9.17) is 4.74 Å². The molecule has 1 aliphatic heterocycles. The lowest BCUT2D eigenvalue weighted by atomic mass is 10.0. The van der Waals surface area contributed by atoms with Crippen LogP contribution in [0.15, 0.2) is 24.4 Å². The standard InChI is InChI=1S/C17H18N4O3/c1-18-16(22)14-9-21(17(23)24-14)12-5-6-13-10(7-12)3-2-4-11-8-19-20-15(11)13/h5-8,14H,2-4,9H2,1H3,(H,18,22)(H,19,20)/t14-/m1/s1. The van der Waals surface area contributed by atoms with E-state index in [9.17, 15) is 9.59 Å². The fraction of sp³-hybridized carbons (Fsp3) is 0.353. The number of hydrogen-bond acceptors (Lipinski definition) is 4. The van der Waals surface area contributed by atoms with Crippen molar-refractivity contribution in [1.29, 1.82) is 0 Å². The van der Waals surface area contributed by atoms with Gasteiger partial charge in [-0.15, -0.1) is 0 Å². The SMILES string of the molecule is CNC(=O)[C@H]1CN(c2ccc3c(c2)CCCc2cn[nH]c2-3)C(=O)O1. The Hall–Kier alpha value is -2.83. The number of likely N-dealkylation sites (N-methyl/N-ethyl adjacent to an activating group) is 1. The molecule has 0 spiro atoms. The summed E-state index contributed by atoms with van der Waals surface area (Å²) in [5.41, 5.74) is 5.34. The second kappa shape index (κ2) is 5.67. The number of hydrogen-bond donors (Lipinski definition) is 2. The summed E-state index contributed by atoms with van der Waals surface area (Å²) in [4.78, 5) is 25.3. The van der Waals surface area contributed by atoms with E-state index >= 15 is 0 Å². The van der Waals surface area contributed by atoms with E-state index in [0.29, 0.717) is 0 Å². The van der Waals surface area contributed by atoms with Gasteiger partial charge in [-0.25, -0.2) is 4.79 Å². The normalized spacial score (nSPS) is 19.3. The molecule has 0 saturated carbocycles. The van der Waals surface area contributed by atoms with Crippen LogP contribution in [0, 0.1) is 0 Å². The van der Waals surface area contributed by atoms with Crippen LogP contribution < -0.4 is 10.2 Å². The van der Waals surface area contributed by atoms with Gasteiger partial charge in [0.2, 0.25) is 0 Å². The molecule has 1 fully saturated rings. The molecule has 2 aromatic rings. The summed E-state index contributed by atoms with van der Waals surface area (Å²) < 4.78 is 5.15. The smallest absolute Gasteiger partial charge is 0.415 e. The molecular weight excluding hydrogens is 308 g/mol. The van der Waals surface area contributed by atoms with Crippen molar-refractivity contribution < 1.29 is 14.3 Å². The van der Waals surface area contributed by atoms with Gasteiger partial charge >= 0.3 is 6.09 Å². The van der Waals surface area contributed by atoms with Crippen LogP contribution in [0.2, 0.25) is 0 Å². The van der Waals surface area contributed by atoms with E-state index in [1.807, 2.05) is 24.4 Å². The number of H-pyrrole nitrogens is 1. The zero-order valence-corrected chi connectivity index (χ0v) is 13.3. The first-order chi connectivity index (χ1) is 11.7. The molecule has 0 radical (unpaired) electrons. The molecule has 24 heavy (non-hydrogen) atoms. The summed E-state index contributed by atoms with van der Waals surface area (Å²) in [6.07, 6.45) is 3.59. The number of amides is 2. The van der Waals surface area contributed by atoms with Crippen LogP contribution >= 0.6 is 0 Å². The number of aromatic nitrogens is 2. The Morgan fingerprint density at radius 3 is 3.04 bits per heavy atom. The number of nitrogens with one attached hydrogen (secondary N) is 2. The van der Waals surface area contributed by atoms with Crippen LogP contribution in [-0.4, -0.2) is 41.9 Å². The number of carbonyl (C=O) groups excluding carboxylic acids is 2. The van der Waals surface area contributed by atoms with Crippen molar-refractivity contribution in [3.05, 3.63) is 35.5 Å². The van der Waals surface area contributed by atoms with Crippen molar-refractivity contribution in [2.24, 2.45) is 0 Å². The Morgan fingerprint density at radius 1 is 1.38 bits per heavy atom. The second-order valence-electron chi connectivity index (χ2n) is 6.06. The highest BCUT2D eigenvalue weighted by Gasteiger charge is 2.36. The molecule has 7 heteroatoms. The maximum absolute atomic E-state index is 12.1. The lowest BCUT2D eigenvalue weighted by Gasteiger charge is -2.16. The minimum atomic E-state index is -0.763. The Kier molecular flexibility index (Phi) is 3.48. The largest absolute Gasteiger partial charge is 0.434 e. The molecule has 1 aliphatic carbocycles. The third-order valence-corrected chi connectivity index (χ3v) is 4.63. The van der Waals surface area contributed by atoms with Gasteiger partial charge in [-0.2, -0.15) is 5.10 Å². The molecule has 2 N–H and O–H groups in total. The molecule has 2 heterocycles. The molecule has 1 aromatic heterocycles. The summed E-state index contributed by atoms with van der Waals surface area (Å²) in [5, 5.41) is 9.73. The van der Waals surface area contributed by atoms with E-state index < -0.39 is 12.2 Å². The van der Waals surface area contributed by atoms with Gasteiger partial charge in [-0.05, 0) is 42.5 Å². The van der Waals surface area contributed by atoms with Gasteiger partial charge in [0.05, 0.1) is 18.4 Å². The molecule has 1 saturated heterocycles. The highest BCUT2D eigenvalue weighted by atomic mass is 16.6. The monoisotopic (exact) mass is 326 g/mol. The minimum Gasteiger partial charge on any atom is -0.434 e. The average Bonchev–Trinajstić information content (AvgIpc) is 3.17. The topological polar surface area (TPSA) is 87.3 Å². The summed E-state index contributed by atoms with van der Waals surface area (Å²) in [7, 11) is 1.53. The van der Waals surface area contributed by atoms with Gasteiger partial charge in [0.25, 0.3) is 5.91 Å². The molecule has 4 rings (SSSR count). The summed E-state index contributed by atoms with van der Waals surface area (Å²) >= 11 is 0. The lowest BCUT2D eigenvalue weighted by Crippen LogP contribution is -2.35. The van der Waals surface area contributed by atoms with Gasteiger partial charge in [0, 0.05) is 18.3 Å². The van der Waals surface area contributed by atoms with Crippen LogP contribution in [0.1, 0.15) is 17.5 Å². The highest BCUT2D eigenvalue weighted by molar-refractivity contribution is 5.95. The van der Waals surface area contributed by atoms with Crippen molar-refractivity contribution in [3.8, 4) is 11.3 Å². The van der Waals surface area contributed by atoms with Crippen molar-refractivity contribution in [2.75, 3.05) is 18.5 Å². The molecule has 2 aliphatic rings. The van der Waals surface area contributed by atoms with Gasteiger partial charge in [-0.3, -0.25) is 14.8 Å². The third-order valence-electron chi connectivity index (χ3n) is 4.63. The molecule has 124 valence electrons. The van der Waals surface area contributed by atoms with E-state index in [1.54, 1.807) is 0 Å². The van der Waals surface area contributed by atoms with Crippen LogP contribution in [0.25, 0.3) is 11.3 Å². The average molecular weight is 326 g/mol.